The minimum Gasteiger partial charge on any atom is -0.497 e. The Balaban J connectivity index is 2.04. The molecule has 0 aromatic heterocycles. The fourth-order valence-electron chi connectivity index (χ4n) is 2.74. The van der Waals surface area contributed by atoms with Gasteiger partial charge in [-0.25, -0.2) is 0 Å². The molecule has 1 fully saturated rings. The number of ether oxygens (including phenoxy) is 1. The van der Waals surface area contributed by atoms with Crippen molar-refractivity contribution in [2.45, 2.75) is 51.5 Å². The molecule has 2 rings (SSSR count). The summed E-state index contributed by atoms with van der Waals surface area (Å²) in [5.41, 5.74) is 1.44. The van der Waals surface area contributed by atoms with Gasteiger partial charge in [-0.05, 0) is 42.4 Å². The Labute approximate surface area is 117 Å². The van der Waals surface area contributed by atoms with E-state index in [0.29, 0.717) is 5.92 Å². The molecular weight excluding hydrogens is 234 g/mol. The van der Waals surface area contributed by atoms with E-state index in [9.17, 15) is 0 Å². The summed E-state index contributed by atoms with van der Waals surface area (Å²) < 4.78 is 5.25. The van der Waals surface area contributed by atoms with E-state index in [1.165, 1.54) is 31.2 Å². The molecule has 0 amide bonds. The van der Waals surface area contributed by atoms with Gasteiger partial charge in [-0.15, -0.1) is 0 Å². The van der Waals surface area contributed by atoms with Crippen LogP contribution in [0.3, 0.4) is 0 Å². The predicted molar refractivity (Wildman–Crippen MR) is 80.8 cm³/mol. The molecule has 2 nitrogen and oxygen atoms in total. The molecule has 2 atom stereocenters. The zero-order valence-electron chi connectivity index (χ0n) is 12.5. The summed E-state index contributed by atoms with van der Waals surface area (Å²) in [6.45, 7) is 5.76. The quantitative estimate of drug-likeness (QED) is 0.764. The summed E-state index contributed by atoms with van der Waals surface area (Å²) in [7, 11) is 1.72. The van der Waals surface area contributed by atoms with Crippen LogP contribution in [0.15, 0.2) is 24.3 Å². The number of benzene rings is 1. The highest BCUT2D eigenvalue weighted by atomic mass is 16.5. The molecule has 2 heteroatoms. The molecule has 19 heavy (non-hydrogen) atoms. The van der Waals surface area contributed by atoms with Gasteiger partial charge in [-0.3, -0.25) is 0 Å². The van der Waals surface area contributed by atoms with Crippen LogP contribution in [0.25, 0.3) is 0 Å². The first-order valence-electron chi connectivity index (χ1n) is 7.62. The smallest absolute Gasteiger partial charge is 0.118 e. The molecule has 0 spiro atoms. The topological polar surface area (TPSA) is 21.3 Å². The monoisotopic (exact) mass is 261 g/mol. The lowest BCUT2D eigenvalue weighted by molar-refractivity contribution is 0.399. The Morgan fingerprint density at radius 2 is 1.95 bits per heavy atom. The van der Waals surface area contributed by atoms with E-state index in [1.54, 1.807) is 7.11 Å². The van der Waals surface area contributed by atoms with Crippen LogP contribution in [0.1, 0.15) is 51.0 Å². The van der Waals surface area contributed by atoms with Crippen molar-refractivity contribution in [3.05, 3.63) is 29.8 Å². The molecule has 0 saturated heterocycles. The van der Waals surface area contributed by atoms with Gasteiger partial charge in [-0.1, -0.05) is 38.8 Å². The molecule has 1 aliphatic carbocycles. The largest absolute Gasteiger partial charge is 0.497 e. The van der Waals surface area contributed by atoms with E-state index < -0.39 is 0 Å². The summed E-state index contributed by atoms with van der Waals surface area (Å²) in [6.07, 6.45) is 5.27. The standard InChI is InChI=1S/C17H27NO/c1-4-5-13(2)17(12-18-15-8-9-15)14-6-10-16(19-3)11-7-14/h6-7,10-11,13,15,17-18H,4-5,8-9,12H2,1-3H3. The van der Waals surface area contributed by atoms with Gasteiger partial charge < -0.3 is 10.1 Å². The van der Waals surface area contributed by atoms with Gasteiger partial charge in [0.1, 0.15) is 5.75 Å². The molecule has 0 radical (unpaired) electrons. The third-order valence-corrected chi connectivity index (χ3v) is 4.18. The summed E-state index contributed by atoms with van der Waals surface area (Å²) in [4.78, 5) is 0. The van der Waals surface area contributed by atoms with Crippen molar-refractivity contribution in [1.29, 1.82) is 0 Å². The maximum Gasteiger partial charge on any atom is 0.118 e. The van der Waals surface area contributed by atoms with Crippen LogP contribution in [-0.2, 0) is 0 Å². The average molecular weight is 261 g/mol. The van der Waals surface area contributed by atoms with Gasteiger partial charge in [0.25, 0.3) is 0 Å². The Morgan fingerprint density at radius 3 is 2.47 bits per heavy atom. The van der Waals surface area contributed by atoms with Gasteiger partial charge >= 0.3 is 0 Å². The SMILES string of the molecule is CCCC(C)C(CNC1CC1)c1ccc(OC)cc1. The van der Waals surface area contributed by atoms with Crippen molar-refractivity contribution in [2.75, 3.05) is 13.7 Å². The van der Waals surface area contributed by atoms with E-state index >= 15 is 0 Å². The molecule has 1 aromatic carbocycles. The molecule has 0 aliphatic heterocycles. The van der Waals surface area contributed by atoms with Crippen LogP contribution in [0.2, 0.25) is 0 Å². The molecule has 0 heterocycles. The van der Waals surface area contributed by atoms with Crippen molar-refractivity contribution in [2.24, 2.45) is 5.92 Å². The van der Waals surface area contributed by atoms with Crippen molar-refractivity contribution in [3.63, 3.8) is 0 Å². The fraction of sp³-hybridized carbons (Fsp3) is 0.647. The number of hydrogen-bond acceptors (Lipinski definition) is 2. The average Bonchev–Trinajstić information content (AvgIpc) is 3.24. The van der Waals surface area contributed by atoms with E-state index in [-0.39, 0.29) is 0 Å². The Kier molecular flexibility index (Phi) is 5.26. The molecule has 1 aromatic rings. The lowest BCUT2D eigenvalue weighted by atomic mass is 9.84. The number of nitrogens with one attached hydrogen (secondary N) is 1. The highest BCUT2D eigenvalue weighted by Gasteiger charge is 2.24. The molecule has 1 aliphatic rings. The lowest BCUT2D eigenvalue weighted by Gasteiger charge is -2.25. The maximum absolute atomic E-state index is 5.25. The van der Waals surface area contributed by atoms with E-state index in [1.807, 2.05) is 0 Å². The van der Waals surface area contributed by atoms with Crippen molar-refractivity contribution in [3.8, 4) is 5.75 Å². The molecule has 2 unspecified atom stereocenters. The van der Waals surface area contributed by atoms with Gasteiger partial charge in [-0.2, -0.15) is 0 Å². The van der Waals surface area contributed by atoms with Crippen LogP contribution in [-0.4, -0.2) is 19.7 Å². The lowest BCUT2D eigenvalue weighted by Crippen LogP contribution is -2.27. The highest BCUT2D eigenvalue weighted by Crippen LogP contribution is 2.30. The summed E-state index contributed by atoms with van der Waals surface area (Å²) in [5.74, 6) is 2.29. The van der Waals surface area contributed by atoms with Crippen molar-refractivity contribution >= 4 is 0 Å². The molecule has 1 N–H and O–H groups in total. The summed E-state index contributed by atoms with van der Waals surface area (Å²) in [6, 6.07) is 9.40. The van der Waals surface area contributed by atoms with E-state index in [4.69, 9.17) is 4.74 Å². The molecule has 1 saturated carbocycles. The second kappa shape index (κ2) is 6.95. The first kappa shape index (κ1) is 14.4. The first-order chi connectivity index (χ1) is 9.24. The van der Waals surface area contributed by atoms with Crippen LogP contribution >= 0.6 is 0 Å². The summed E-state index contributed by atoms with van der Waals surface area (Å²) in [5, 5.41) is 3.69. The minimum absolute atomic E-state index is 0.617. The van der Waals surface area contributed by atoms with Crippen LogP contribution < -0.4 is 10.1 Å². The van der Waals surface area contributed by atoms with Crippen molar-refractivity contribution in [1.82, 2.24) is 5.32 Å². The molecule has 106 valence electrons. The fourth-order valence-corrected chi connectivity index (χ4v) is 2.74. The zero-order chi connectivity index (χ0) is 13.7. The Hall–Kier alpha value is -1.02. The molecular formula is C17H27NO. The van der Waals surface area contributed by atoms with Gasteiger partial charge in [0, 0.05) is 12.6 Å². The van der Waals surface area contributed by atoms with E-state index in [2.05, 4.69) is 43.4 Å². The van der Waals surface area contributed by atoms with E-state index in [0.717, 1.165) is 24.3 Å². The summed E-state index contributed by atoms with van der Waals surface area (Å²) >= 11 is 0. The Bertz CT molecular complexity index is 369. The number of hydrogen-bond donors (Lipinski definition) is 1. The Morgan fingerprint density at radius 1 is 1.26 bits per heavy atom. The van der Waals surface area contributed by atoms with Crippen LogP contribution in [0, 0.1) is 5.92 Å². The minimum atomic E-state index is 0.617. The first-order valence-corrected chi connectivity index (χ1v) is 7.62. The zero-order valence-corrected chi connectivity index (χ0v) is 12.5. The number of rotatable bonds is 8. The third-order valence-electron chi connectivity index (χ3n) is 4.18. The predicted octanol–water partition coefficient (Wildman–Crippen LogP) is 3.97. The van der Waals surface area contributed by atoms with Gasteiger partial charge in [0.2, 0.25) is 0 Å². The van der Waals surface area contributed by atoms with Gasteiger partial charge in [0.15, 0.2) is 0 Å². The maximum atomic E-state index is 5.25. The van der Waals surface area contributed by atoms with Crippen LogP contribution in [0.5, 0.6) is 5.75 Å². The second-order valence-electron chi connectivity index (χ2n) is 5.83. The second-order valence-corrected chi connectivity index (χ2v) is 5.83. The number of methoxy groups -OCH3 is 1. The molecule has 0 bridgehead atoms. The highest BCUT2D eigenvalue weighted by molar-refractivity contribution is 5.30. The van der Waals surface area contributed by atoms with Crippen molar-refractivity contribution < 1.29 is 4.74 Å². The van der Waals surface area contributed by atoms with Crippen LogP contribution in [0.4, 0.5) is 0 Å². The third kappa shape index (κ3) is 4.24. The van der Waals surface area contributed by atoms with Gasteiger partial charge in [0.05, 0.1) is 7.11 Å². The normalized spacial score (nSPS) is 18.1.